The number of alkyl halides is 3. The van der Waals surface area contributed by atoms with Crippen molar-refractivity contribution in [3.8, 4) is 0 Å². The van der Waals surface area contributed by atoms with Crippen molar-refractivity contribution in [3.63, 3.8) is 0 Å². The highest BCUT2D eigenvalue weighted by atomic mass is 19.4. The summed E-state index contributed by atoms with van der Waals surface area (Å²) in [5.74, 6) is -1.14. The van der Waals surface area contributed by atoms with Crippen LogP contribution in [0.4, 0.5) is 17.6 Å². The zero-order valence-electron chi connectivity index (χ0n) is 11.9. The fourth-order valence-electron chi connectivity index (χ4n) is 2.27. The molecule has 0 aliphatic rings. The smallest absolute Gasteiger partial charge is 0.379 e. The second-order valence-electron chi connectivity index (χ2n) is 4.95. The van der Waals surface area contributed by atoms with Crippen LogP contribution in [0.5, 0.6) is 0 Å². The number of hydrogen-bond acceptors (Lipinski definition) is 2. The minimum absolute atomic E-state index is 0.128. The van der Waals surface area contributed by atoms with Crippen LogP contribution >= 0.6 is 0 Å². The van der Waals surface area contributed by atoms with Gasteiger partial charge in [0.05, 0.1) is 17.7 Å². The third kappa shape index (κ3) is 3.70. The molecule has 20 heavy (non-hydrogen) atoms. The second kappa shape index (κ2) is 6.54. The molecule has 1 aromatic rings. The first-order chi connectivity index (χ1) is 9.22. The van der Waals surface area contributed by atoms with Gasteiger partial charge in [-0.2, -0.15) is 13.2 Å². The normalized spacial score (nSPS) is 15.4. The molecule has 0 spiro atoms. The van der Waals surface area contributed by atoms with Gasteiger partial charge in [-0.15, -0.1) is 0 Å². The van der Waals surface area contributed by atoms with Gasteiger partial charge < -0.3 is 10.1 Å². The lowest BCUT2D eigenvalue weighted by atomic mass is 9.93. The molecule has 1 rings (SSSR count). The molecule has 0 saturated heterocycles. The molecule has 2 atom stereocenters. The molecule has 1 N–H and O–H groups in total. The van der Waals surface area contributed by atoms with Crippen molar-refractivity contribution in [1.29, 1.82) is 0 Å². The Hall–Kier alpha value is -1.14. The summed E-state index contributed by atoms with van der Waals surface area (Å²) in [6.07, 6.45) is -4.95. The fourth-order valence-corrected chi connectivity index (χ4v) is 2.27. The van der Waals surface area contributed by atoms with E-state index < -0.39 is 17.6 Å². The highest BCUT2D eigenvalue weighted by Gasteiger charge is 2.35. The van der Waals surface area contributed by atoms with Crippen molar-refractivity contribution >= 4 is 0 Å². The van der Waals surface area contributed by atoms with Crippen LogP contribution in [0.1, 0.15) is 31.0 Å². The van der Waals surface area contributed by atoms with Gasteiger partial charge in [0.2, 0.25) is 0 Å². The molecule has 0 aliphatic carbocycles. The Balaban J connectivity index is 3.15. The first kappa shape index (κ1) is 16.9. The molecule has 0 fully saturated rings. The van der Waals surface area contributed by atoms with Gasteiger partial charge >= 0.3 is 6.18 Å². The first-order valence-electron chi connectivity index (χ1n) is 6.29. The lowest BCUT2D eigenvalue weighted by Crippen LogP contribution is -2.35. The maximum Gasteiger partial charge on any atom is 0.419 e. The van der Waals surface area contributed by atoms with E-state index in [1.165, 1.54) is 13.2 Å². The van der Waals surface area contributed by atoms with Gasteiger partial charge in [0.25, 0.3) is 0 Å². The largest absolute Gasteiger partial charge is 0.419 e. The third-order valence-corrected chi connectivity index (χ3v) is 3.23. The standard InChI is InChI=1S/C14H19F4NO/c1-8(2)13(20-4)12(19-3)9-5-6-10(11(15)7-9)14(16,17)18/h5-8,12-13,19H,1-4H3. The van der Waals surface area contributed by atoms with Crippen LogP contribution in [-0.2, 0) is 10.9 Å². The van der Waals surface area contributed by atoms with Gasteiger partial charge in [-0.05, 0) is 30.7 Å². The van der Waals surface area contributed by atoms with Gasteiger partial charge in [-0.25, -0.2) is 4.39 Å². The van der Waals surface area contributed by atoms with E-state index in [-0.39, 0.29) is 18.1 Å². The summed E-state index contributed by atoms with van der Waals surface area (Å²) in [5, 5.41) is 2.96. The summed E-state index contributed by atoms with van der Waals surface area (Å²) in [6, 6.07) is 2.58. The highest BCUT2D eigenvalue weighted by molar-refractivity contribution is 5.29. The third-order valence-electron chi connectivity index (χ3n) is 3.23. The number of benzene rings is 1. The van der Waals surface area contributed by atoms with Crippen molar-refractivity contribution in [2.75, 3.05) is 14.2 Å². The SMILES string of the molecule is CNC(c1ccc(C(F)(F)F)c(F)c1)C(OC)C(C)C. The van der Waals surface area contributed by atoms with Gasteiger partial charge in [0.15, 0.2) is 0 Å². The lowest BCUT2D eigenvalue weighted by molar-refractivity contribution is -0.140. The van der Waals surface area contributed by atoms with Crippen LogP contribution in [0, 0.1) is 11.7 Å². The number of nitrogens with one attached hydrogen (secondary N) is 1. The van der Waals surface area contributed by atoms with E-state index in [1.54, 1.807) is 7.05 Å². The van der Waals surface area contributed by atoms with Crippen LogP contribution in [0.25, 0.3) is 0 Å². The number of methoxy groups -OCH3 is 1. The molecule has 2 nitrogen and oxygen atoms in total. The van der Waals surface area contributed by atoms with E-state index in [0.717, 1.165) is 12.1 Å². The topological polar surface area (TPSA) is 21.3 Å². The van der Waals surface area contributed by atoms with Gasteiger partial charge in [-0.1, -0.05) is 19.9 Å². The quantitative estimate of drug-likeness (QED) is 0.834. The average Bonchev–Trinajstić information content (AvgIpc) is 2.33. The number of hydrogen-bond donors (Lipinski definition) is 1. The minimum Gasteiger partial charge on any atom is -0.379 e. The molecule has 114 valence electrons. The van der Waals surface area contributed by atoms with Crippen molar-refractivity contribution in [1.82, 2.24) is 5.32 Å². The molecule has 6 heteroatoms. The molecular weight excluding hydrogens is 274 g/mol. The Labute approximate surface area is 116 Å². The monoisotopic (exact) mass is 293 g/mol. The molecular formula is C14H19F4NO. The zero-order valence-corrected chi connectivity index (χ0v) is 11.9. The molecule has 0 heterocycles. The van der Waals surface area contributed by atoms with Crippen molar-refractivity contribution < 1.29 is 22.3 Å². The Kier molecular flexibility index (Phi) is 5.53. The molecule has 1 aromatic carbocycles. The summed E-state index contributed by atoms with van der Waals surface area (Å²) >= 11 is 0. The maximum absolute atomic E-state index is 13.6. The van der Waals surface area contributed by atoms with Crippen LogP contribution in [0.2, 0.25) is 0 Å². The predicted octanol–water partition coefficient (Wildman–Crippen LogP) is 3.78. The zero-order chi connectivity index (χ0) is 15.5. The van der Waals surface area contributed by atoms with E-state index in [2.05, 4.69) is 5.32 Å². The average molecular weight is 293 g/mol. The summed E-state index contributed by atoms with van der Waals surface area (Å²) < 4.78 is 56.6. The minimum atomic E-state index is -4.68. The number of likely N-dealkylation sites (N-methyl/N-ethyl adjacent to an activating group) is 1. The van der Waals surface area contributed by atoms with Crippen LogP contribution in [0.3, 0.4) is 0 Å². The predicted molar refractivity (Wildman–Crippen MR) is 68.8 cm³/mol. The summed E-state index contributed by atoms with van der Waals surface area (Å²) in [4.78, 5) is 0. The Morgan fingerprint density at radius 2 is 1.80 bits per heavy atom. The van der Waals surface area contributed by atoms with E-state index >= 15 is 0 Å². The molecule has 0 amide bonds. The second-order valence-corrected chi connectivity index (χ2v) is 4.95. The van der Waals surface area contributed by atoms with Crippen molar-refractivity contribution in [2.24, 2.45) is 5.92 Å². The molecule has 2 unspecified atom stereocenters. The van der Waals surface area contributed by atoms with E-state index in [0.29, 0.717) is 5.56 Å². The fraction of sp³-hybridized carbons (Fsp3) is 0.571. The maximum atomic E-state index is 13.6. The first-order valence-corrected chi connectivity index (χ1v) is 6.29. The molecule has 0 bridgehead atoms. The summed E-state index contributed by atoms with van der Waals surface area (Å²) in [5.41, 5.74) is -0.826. The molecule has 0 radical (unpaired) electrons. The van der Waals surface area contributed by atoms with Crippen molar-refractivity contribution in [3.05, 3.63) is 35.1 Å². The van der Waals surface area contributed by atoms with E-state index in [4.69, 9.17) is 4.74 Å². The van der Waals surface area contributed by atoms with Crippen LogP contribution in [0.15, 0.2) is 18.2 Å². The van der Waals surface area contributed by atoms with Crippen LogP contribution in [-0.4, -0.2) is 20.3 Å². The summed E-state index contributed by atoms with van der Waals surface area (Å²) in [6.45, 7) is 3.86. The Morgan fingerprint density at radius 1 is 1.20 bits per heavy atom. The number of ether oxygens (including phenoxy) is 1. The molecule has 0 saturated carbocycles. The van der Waals surface area contributed by atoms with E-state index in [1.807, 2.05) is 13.8 Å². The Bertz CT molecular complexity index is 445. The summed E-state index contributed by atoms with van der Waals surface area (Å²) in [7, 11) is 3.18. The lowest BCUT2D eigenvalue weighted by Gasteiger charge is -2.29. The van der Waals surface area contributed by atoms with Gasteiger partial charge in [0.1, 0.15) is 5.82 Å². The number of halogens is 4. The Morgan fingerprint density at radius 3 is 2.15 bits per heavy atom. The number of rotatable bonds is 5. The molecule has 0 aliphatic heterocycles. The van der Waals surface area contributed by atoms with Gasteiger partial charge in [-0.3, -0.25) is 0 Å². The van der Waals surface area contributed by atoms with Gasteiger partial charge in [0, 0.05) is 7.11 Å². The van der Waals surface area contributed by atoms with E-state index in [9.17, 15) is 17.6 Å². The molecule has 0 aromatic heterocycles. The highest BCUT2D eigenvalue weighted by Crippen LogP contribution is 2.33. The van der Waals surface area contributed by atoms with Crippen molar-refractivity contribution in [2.45, 2.75) is 32.2 Å². The van der Waals surface area contributed by atoms with Crippen LogP contribution < -0.4 is 5.32 Å².